The number of anilines is 2. The minimum Gasteiger partial charge on any atom is -0.484 e. The number of aryl methyl sites for hydroxylation is 1. The molecule has 1 aliphatic rings. The van der Waals surface area contributed by atoms with Gasteiger partial charge in [0.05, 0.1) is 29.0 Å². The molecule has 0 atom stereocenters. The number of hydrogen-bond donors (Lipinski definition) is 1. The summed E-state index contributed by atoms with van der Waals surface area (Å²) in [7, 11) is 1.29. The fourth-order valence-corrected chi connectivity index (χ4v) is 4.17. The maximum Gasteiger partial charge on any atom is 0.340 e. The molecule has 0 saturated carbocycles. The maximum absolute atomic E-state index is 13.4. The molecule has 4 rings (SSSR count). The Morgan fingerprint density at radius 1 is 1.00 bits per heavy atom. The third-order valence-electron chi connectivity index (χ3n) is 5.76. The van der Waals surface area contributed by atoms with Gasteiger partial charge in [0.2, 0.25) is 0 Å². The Morgan fingerprint density at radius 3 is 2.41 bits per heavy atom. The Bertz CT molecular complexity index is 1430. The summed E-state index contributed by atoms with van der Waals surface area (Å²) in [6.07, 6.45) is 1.64. The van der Waals surface area contributed by atoms with E-state index in [4.69, 9.17) is 21.1 Å². The quantitative estimate of drug-likeness (QED) is 0.329. The van der Waals surface area contributed by atoms with Gasteiger partial charge in [0.25, 0.3) is 11.8 Å². The van der Waals surface area contributed by atoms with E-state index in [0.29, 0.717) is 33.4 Å². The number of para-hydroxylation sites is 1. The van der Waals surface area contributed by atoms with Crippen molar-refractivity contribution in [1.29, 1.82) is 0 Å². The second-order valence-electron chi connectivity index (χ2n) is 8.38. The standard InChI is InChI=1S/C29H25ClN2O5/c1-18-7-6-8-21(15-18)32-19(2)27(29(35)36-3)23(28(32)34)16-20-11-13-22(14-12-20)37-17-26(33)31-25-10-5-4-9-24(25)30/h4-16H,17H2,1-3H3,(H,31,33)/b23-16-. The average molecular weight is 517 g/mol. The maximum atomic E-state index is 13.4. The van der Waals surface area contributed by atoms with Gasteiger partial charge in [0, 0.05) is 11.4 Å². The van der Waals surface area contributed by atoms with Crippen LogP contribution >= 0.6 is 11.6 Å². The number of carbonyl (C=O) groups excluding carboxylic acids is 3. The summed E-state index contributed by atoms with van der Waals surface area (Å²) in [4.78, 5) is 39.7. The largest absolute Gasteiger partial charge is 0.484 e. The van der Waals surface area contributed by atoms with E-state index in [2.05, 4.69) is 5.32 Å². The van der Waals surface area contributed by atoms with Gasteiger partial charge < -0.3 is 14.8 Å². The zero-order valence-electron chi connectivity index (χ0n) is 20.6. The van der Waals surface area contributed by atoms with Gasteiger partial charge in [-0.15, -0.1) is 0 Å². The molecule has 0 bridgehead atoms. The molecule has 0 radical (unpaired) electrons. The second-order valence-corrected chi connectivity index (χ2v) is 8.78. The normalized spacial score (nSPS) is 14.2. The van der Waals surface area contributed by atoms with Crippen molar-refractivity contribution in [1.82, 2.24) is 0 Å². The van der Waals surface area contributed by atoms with Crippen LogP contribution in [0.2, 0.25) is 5.02 Å². The summed E-state index contributed by atoms with van der Waals surface area (Å²) in [6.45, 7) is 3.45. The van der Waals surface area contributed by atoms with Crippen LogP contribution in [0.15, 0.2) is 89.6 Å². The number of ether oxygens (including phenoxy) is 2. The number of methoxy groups -OCH3 is 1. The summed E-state index contributed by atoms with van der Waals surface area (Å²) in [5, 5.41) is 3.13. The lowest BCUT2D eigenvalue weighted by molar-refractivity contribution is -0.136. The van der Waals surface area contributed by atoms with Gasteiger partial charge >= 0.3 is 5.97 Å². The van der Waals surface area contributed by atoms with Crippen LogP contribution in [0.5, 0.6) is 5.75 Å². The van der Waals surface area contributed by atoms with Crippen LogP contribution in [0, 0.1) is 6.92 Å². The molecule has 0 spiro atoms. The molecular formula is C29H25ClN2O5. The number of carbonyl (C=O) groups is 3. The molecule has 0 aromatic heterocycles. The van der Waals surface area contributed by atoms with Gasteiger partial charge in [0.1, 0.15) is 5.75 Å². The molecule has 1 aliphatic heterocycles. The van der Waals surface area contributed by atoms with E-state index in [9.17, 15) is 14.4 Å². The van der Waals surface area contributed by atoms with Gasteiger partial charge in [-0.1, -0.05) is 48.0 Å². The topological polar surface area (TPSA) is 84.9 Å². The predicted molar refractivity (Wildman–Crippen MR) is 143 cm³/mol. The summed E-state index contributed by atoms with van der Waals surface area (Å²) < 4.78 is 10.5. The van der Waals surface area contributed by atoms with Gasteiger partial charge in [-0.05, 0) is 67.4 Å². The first-order valence-corrected chi connectivity index (χ1v) is 11.9. The van der Waals surface area contributed by atoms with Gasteiger partial charge in [0.15, 0.2) is 6.61 Å². The van der Waals surface area contributed by atoms with Crippen molar-refractivity contribution >= 4 is 46.8 Å². The molecule has 0 saturated heterocycles. The number of nitrogens with zero attached hydrogens (tertiary/aromatic N) is 1. The van der Waals surface area contributed by atoms with Gasteiger partial charge in [-0.25, -0.2) is 4.79 Å². The van der Waals surface area contributed by atoms with Crippen molar-refractivity contribution in [3.05, 3.63) is 106 Å². The van der Waals surface area contributed by atoms with Crippen molar-refractivity contribution in [2.75, 3.05) is 23.9 Å². The lowest BCUT2D eigenvalue weighted by atomic mass is 10.0. The highest BCUT2D eigenvalue weighted by Crippen LogP contribution is 2.35. The molecule has 0 aliphatic carbocycles. The number of esters is 1. The van der Waals surface area contributed by atoms with Crippen molar-refractivity contribution in [3.8, 4) is 5.75 Å². The summed E-state index contributed by atoms with van der Waals surface area (Å²) in [6, 6.07) is 21.3. The lowest BCUT2D eigenvalue weighted by Crippen LogP contribution is -2.24. The van der Waals surface area contributed by atoms with Crippen LogP contribution < -0.4 is 15.0 Å². The fourth-order valence-electron chi connectivity index (χ4n) is 3.98. The first-order valence-electron chi connectivity index (χ1n) is 11.5. The van der Waals surface area contributed by atoms with E-state index < -0.39 is 5.97 Å². The highest BCUT2D eigenvalue weighted by Gasteiger charge is 2.37. The number of benzene rings is 3. The number of allylic oxidation sites excluding steroid dienone is 1. The van der Waals surface area contributed by atoms with Crippen LogP contribution in [0.1, 0.15) is 18.1 Å². The number of halogens is 1. The Morgan fingerprint density at radius 2 is 1.73 bits per heavy atom. The molecule has 0 fully saturated rings. The zero-order valence-corrected chi connectivity index (χ0v) is 21.3. The molecule has 1 heterocycles. The van der Waals surface area contributed by atoms with Crippen LogP contribution in [0.3, 0.4) is 0 Å². The van der Waals surface area contributed by atoms with E-state index in [1.54, 1.807) is 61.5 Å². The van der Waals surface area contributed by atoms with Gasteiger partial charge in [-0.2, -0.15) is 0 Å². The first-order chi connectivity index (χ1) is 17.8. The molecule has 1 N–H and O–H groups in total. The predicted octanol–water partition coefficient (Wildman–Crippen LogP) is 5.54. The van der Waals surface area contributed by atoms with Crippen LogP contribution in [-0.2, 0) is 19.1 Å². The van der Waals surface area contributed by atoms with Crippen LogP contribution in [0.25, 0.3) is 6.08 Å². The monoisotopic (exact) mass is 516 g/mol. The highest BCUT2D eigenvalue weighted by molar-refractivity contribution is 6.33. The first kappa shape index (κ1) is 25.7. The third kappa shape index (κ3) is 5.73. The van der Waals surface area contributed by atoms with Crippen LogP contribution in [0.4, 0.5) is 11.4 Å². The smallest absolute Gasteiger partial charge is 0.340 e. The van der Waals surface area contributed by atoms with Crippen molar-refractivity contribution in [3.63, 3.8) is 0 Å². The molecule has 37 heavy (non-hydrogen) atoms. The fraction of sp³-hybridized carbons (Fsp3) is 0.138. The van der Waals surface area contributed by atoms with Crippen molar-refractivity contribution in [2.45, 2.75) is 13.8 Å². The van der Waals surface area contributed by atoms with E-state index in [1.165, 1.54) is 12.0 Å². The molecule has 3 aromatic rings. The Balaban J connectivity index is 1.51. The number of nitrogens with one attached hydrogen (secondary N) is 1. The van der Waals surface area contributed by atoms with E-state index >= 15 is 0 Å². The van der Waals surface area contributed by atoms with Crippen LogP contribution in [-0.4, -0.2) is 31.5 Å². The molecule has 3 aromatic carbocycles. The lowest BCUT2D eigenvalue weighted by Gasteiger charge is -2.18. The molecule has 188 valence electrons. The minimum atomic E-state index is -0.586. The van der Waals surface area contributed by atoms with Gasteiger partial charge in [-0.3, -0.25) is 14.5 Å². The summed E-state index contributed by atoms with van der Waals surface area (Å²) >= 11 is 6.06. The van der Waals surface area contributed by atoms with E-state index in [1.807, 2.05) is 31.2 Å². The van der Waals surface area contributed by atoms with E-state index in [-0.39, 0.29) is 29.6 Å². The Kier molecular flexibility index (Phi) is 7.74. The number of rotatable bonds is 7. The van der Waals surface area contributed by atoms with E-state index in [0.717, 1.165) is 5.56 Å². The zero-order chi connectivity index (χ0) is 26.5. The molecule has 0 unspecified atom stereocenters. The van der Waals surface area contributed by atoms with Crippen molar-refractivity contribution < 1.29 is 23.9 Å². The molecule has 8 heteroatoms. The third-order valence-corrected chi connectivity index (χ3v) is 6.09. The SMILES string of the molecule is COC(=O)C1=C(C)N(c2cccc(C)c2)C(=O)/C1=C\c1ccc(OCC(=O)Nc2ccccc2Cl)cc1. The Labute approximate surface area is 219 Å². The molecular weight excluding hydrogens is 492 g/mol. The highest BCUT2D eigenvalue weighted by atomic mass is 35.5. The average Bonchev–Trinajstić information content (AvgIpc) is 3.13. The molecule has 7 nitrogen and oxygen atoms in total. The summed E-state index contributed by atoms with van der Waals surface area (Å²) in [5.41, 5.74) is 3.79. The molecule has 2 amide bonds. The Hall–Kier alpha value is -4.36. The number of hydrogen-bond acceptors (Lipinski definition) is 5. The number of amides is 2. The second kappa shape index (κ2) is 11.1. The summed E-state index contributed by atoms with van der Waals surface area (Å²) in [5.74, 6) is -0.789. The minimum absolute atomic E-state index is 0.204. The van der Waals surface area contributed by atoms with Crippen molar-refractivity contribution in [2.24, 2.45) is 0 Å².